The summed E-state index contributed by atoms with van der Waals surface area (Å²) in [6.07, 6.45) is 0. The number of sulfonamides is 1. The summed E-state index contributed by atoms with van der Waals surface area (Å²) in [7, 11) is -4.05. The van der Waals surface area contributed by atoms with E-state index in [-0.39, 0.29) is 20.5 Å². The zero-order valence-electron chi connectivity index (χ0n) is 10.3. The first kappa shape index (κ1) is 15.5. The minimum absolute atomic E-state index is 0.0186. The number of ether oxygens (including phenoxy) is 1. The Hall–Kier alpha value is -0.860. The highest BCUT2D eigenvalue weighted by molar-refractivity contribution is 7.89. The summed E-state index contributed by atoms with van der Waals surface area (Å²) in [6.45, 7) is 1.66. The number of morpholine rings is 1. The zero-order chi connectivity index (χ0) is 14.9. The molecule has 1 saturated heterocycles. The topological polar surface area (TPSA) is 89.7 Å². The lowest BCUT2D eigenvalue weighted by Crippen LogP contribution is -2.40. The molecule has 0 aromatic heterocycles. The number of hydrogen-bond acceptors (Lipinski definition) is 4. The van der Waals surface area contributed by atoms with Gasteiger partial charge in [-0.2, -0.15) is 0 Å². The van der Waals surface area contributed by atoms with E-state index in [2.05, 4.69) is 0 Å². The molecule has 1 amide bonds. The second-order valence-electron chi connectivity index (χ2n) is 4.22. The Labute approximate surface area is 126 Å². The first-order valence-corrected chi connectivity index (χ1v) is 8.00. The van der Waals surface area contributed by atoms with Gasteiger partial charge < -0.3 is 9.64 Å². The lowest BCUT2D eigenvalue weighted by atomic mass is 10.2. The van der Waals surface area contributed by atoms with Crippen molar-refractivity contribution in [1.29, 1.82) is 0 Å². The third-order valence-corrected chi connectivity index (χ3v) is 4.51. The number of benzene rings is 1. The summed E-state index contributed by atoms with van der Waals surface area (Å²) in [5, 5.41) is 4.92. The molecule has 2 rings (SSSR count). The number of nitrogens with zero attached hydrogens (tertiary/aromatic N) is 1. The van der Waals surface area contributed by atoms with Crippen LogP contribution >= 0.6 is 23.2 Å². The summed E-state index contributed by atoms with van der Waals surface area (Å²) in [5.41, 5.74) is 0.0186. The predicted octanol–water partition coefficient (Wildman–Crippen LogP) is 1.11. The number of nitrogens with two attached hydrogens (primary N) is 1. The van der Waals surface area contributed by atoms with E-state index in [4.69, 9.17) is 33.1 Å². The van der Waals surface area contributed by atoms with Gasteiger partial charge in [0, 0.05) is 18.1 Å². The Balaban J connectivity index is 2.46. The molecular formula is C11H12Cl2N2O4S. The fourth-order valence-corrected chi connectivity index (χ4v) is 3.31. The molecule has 20 heavy (non-hydrogen) atoms. The van der Waals surface area contributed by atoms with E-state index in [1.807, 2.05) is 0 Å². The Morgan fingerprint density at radius 2 is 1.85 bits per heavy atom. The molecule has 1 heterocycles. The van der Waals surface area contributed by atoms with Crippen LogP contribution in [0, 0.1) is 0 Å². The van der Waals surface area contributed by atoms with E-state index in [0.717, 1.165) is 6.07 Å². The largest absolute Gasteiger partial charge is 0.378 e. The molecule has 1 aromatic rings. The minimum atomic E-state index is -4.05. The standard InChI is InChI=1S/C11H12Cl2N2O4S/c12-7-5-8(10(13)9(6-7)20(14,17)18)11(16)15-1-3-19-4-2-15/h5-6H,1-4H2,(H2,14,17,18). The molecule has 0 saturated carbocycles. The Morgan fingerprint density at radius 3 is 2.40 bits per heavy atom. The van der Waals surface area contributed by atoms with Gasteiger partial charge in [0.15, 0.2) is 0 Å². The van der Waals surface area contributed by atoms with Crippen LogP contribution in [-0.2, 0) is 14.8 Å². The Bertz CT molecular complexity index is 642. The lowest BCUT2D eigenvalue weighted by molar-refractivity contribution is 0.0303. The fraction of sp³-hybridized carbons (Fsp3) is 0.364. The van der Waals surface area contributed by atoms with Crippen molar-refractivity contribution in [2.45, 2.75) is 4.90 Å². The summed E-state index contributed by atoms with van der Waals surface area (Å²) in [4.78, 5) is 13.5. The molecular weight excluding hydrogens is 327 g/mol. The molecule has 1 aliphatic rings. The fourth-order valence-electron chi connectivity index (χ4n) is 1.86. The van der Waals surface area contributed by atoms with Crippen molar-refractivity contribution >= 4 is 39.1 Å². The normalized spacial score (nSPS) is 16.2. The number of carbonyl (C=O) groups excluding carboxylic acids is 1. The van der Waals surface area contributed by atoms with Crippen LogP contribution in [0.25, 0.3) is 0 Å². The number of rotatable bonds is 2. The Morgan fingerprint density at radius 1 is 1.25 bits per heavy atom. The molecule has 0 radical (unpaired) electrons. The second-order valence-corrected chi connectivity index (χ2v) is 6.56. The third kappa shape index (κ3) is 3.24. The third-order valence-electron chi connectivity index (χ3n) is 2.84. The molecule has 0 atom stereocenters. The first-order chi connectivity index (χ1) is 9.30. The number of carbonyl (C=O) groups is 1. The van der Waals surface area contributed by atoms with Crippen molar-refractivity contribution < 1.29 is 17.9 Å². The van der Waals surface area contributed by atoms with E-state index in [0.29, 0.717) is 26.3 Å². The second kappa shape index (κ2) is 5.87. The van der Waals surface area contributed by atoms with Gasteiger partial charge in [-0.15, -0.1) is 0 Å². The van der Waals surface area contributed by atoms with Gasteiger partial charge in [0.25, 0.3) is 5.91 Å². The molecule has 0 aliphatic carbocycles. The maximum absolute atomic E-state index is 12.3. The molecule has 6 nitrogen and oxygen atoms in total. The average Bonchev–Trinajstić information content (AvgIpc) is 2.40. The van der Waals surface area contributed by atoms with Crippen molar-refractivity contribution in [3.05, 3.63) is 27.7 Å². The number of primary sulfonamides is 1. The summed E-state index contributed by atoms with van der Waals surface area (Å²) >= 11 is 11.8. The van der Waals surface area contributed by atoms with Crippen LogP contribution in [0.5, 0.6) is 0 Å². The highest BCUT2D eigenvalue weighted by Gasteiger charge is 2.25. The number of halogens is 2. The van der Waals surface area contributed by atoms with Crippen molar-refractivity contribution in [2.75, 3.05) is 26.3 Å². The van der Waals surface area contributed by atoms with Gasteiger partial charge in [-0.1, -0.05) is 23.2 Å². The van der Waals surface area contributed by atoms with Crippen LogP contribution in [0.3, 0.4) is 0 Å². The highest BCUT2D eigenvalue weighted by atomic mass is 35.5. The summed E-state index contributed by atoms with van der Waals surface area (Å²) < 4.78 is 28.0. The van der Waals surface area contributed by atoms with Crippen LogP contribution in [0.4, 0.5) is 0 Å². The van der Waals surface area contributed by atoms with Crippen molar-refractivity contribution in [3.8, 4) is 0 Å². The molecule has 9 heteroatoms. The van der Waals surface area contributed by atoms with Crippen LogP contribution in [-0.4, -0.2) is 45.5 Å². The van der Waals surface area contributed by atoms with Crippen molar-refractivity contribution in [1.82, 2.24) is 4.90 Å². The van der Waals surface area contributed by atoms with Gasteiger partial charge in [-0.25, -0.2) is 13.6 Å². The molecule has 1 aromatic carbocycles. The lowest BCUT2D eigenvalue weighted by Gasteiger charge is -2.27. The van der Waals surface area contributed by atoms with Gasteiger partial charge in [0.05, 0.1) is 23.8 Å². The van der Waals surface area contributed by atoms with Crippen LogP contribution in [0.15, 0.2) is 17.0 Å². The zero-order valence-corrected chi connectivity index (χ0v) is 12.6. The molecule has 2 N–H and O–H groups in total. The van der Waals surface area contributed by atoms with E-state index < -0.39 is 15.9 Å². The Kier molecular flexibility index (Phi) is 4.55. The average molecular weight is 339 g/mol. The minimum Gasteiger partial charge on any atom is -0.378 e. The predicted molar refractivity (Wildman–Crippen MR) is 74.6 cm³/mol. The quantitative estimate of drug-likeness (QED) is 0.874. The number of hydrogen-bond donors (Lipinski definition) is 1. The van der Waals surface area contributed by atoms with Crippen molar-refractivity contribution in [2.24, 2.45) is 5.14 Å². The molecule has 110 valence electrons. The van der Waals surface area contributed by atoms with Gasteiger partial charge in [-0.05, 0) is 12.1 Å². The summed E-state index contributed by atoms with van der Waals surface area (Å²) in [6, 6.07) is 2.45. The number of amides is 1. The van der Waals surface area contributed by atoms with Gasteiger partial charge in [-0.3, -0.25) is 4.79 Å². The molecule has 0 unspecified atom stereocenters. The first-order valence-electron chi connectivity index (χ1n) is 5.69. The van der Waals surface area contributed by atoms with Gasteiger partial charge in [0.1, 0.15) is 4.90 Å². The molecule has 1 aliphatic heterocycles. The van der Waals surface area contributed by atoms with Crippen LogP contribution in [0.2, 0.25) is 10.0 Å². The van der Waals surface area contributed by atoms with E-state index in [9.17, 15) is 13.2 Å². The van der Waals surface area contributed by atoms with E-state index in [1.165, 1.54) is 11.0 Å². The molecule has 0 spiro atoms. The maximum Gasteiger partial charge on any atom is 0.255 e. The molecule has 0 bridgehead atoms. The van der Waals surface area contributed by atoms with E-state index >= 15 is 0 Å². The van der Waals surface area contributed by atoms with Crippen LogP contribution < -0.4 is 5.14 Å². The van der Waals surface area contributed by atoms with E-state index in [1.54, 1.807) is 0 Å². The molecule has 1 fully saturated rings. The van der Waals surface area contributed by atoms with Gasteiger partial charge >= 0.3 is 0 Å². The maximum atomic E-state index is 12.3. The highest BCUT2D eigenvalue weighted by Crippen LogP contribution is 2.29. The summed E-state index contributed by atoms with van der Waals surface area (Å²) in [5.74, 6) is -0.397. The SMILES string of the molecule is NS(=O)(=O)c1cc(Cl)cc(C(=O)N2CCOCC2)c1Cl. The monoisotopic (exact) mass is 338 g/mol. The van der Waals surface area contributed by atoms with Crippen LogP contribution in [0.1, 0.15) is 10.4 Å². The van der Waals surface area contributed by atoms with Gasteiger partial charge in [0.2, 0.25) is 10.0 Å². The van der Waals surface area contributed by atoms with Crippen molar-refractivity contribution in [3.63, 3.8) is 0 Å². The smallest absolute Gasteiger partial charge is 0.255 e.